The maximum absolute atomic E-state index is 15.9. The molecule has 28 heteroatoms. The van der Waals surface area contributed by atoms with Crippen molar-refractivity contribution in [1.29, 1.82) is 0 Å². The lowest BCUT2D eigenvalue weighted by Gasteiger charge is -2.43. The van der Waals surface area contributed by atoms with Gasteiger partial charge in [0, 0.05) is 69.0 Å². The summed E-state index contributed by atoms with van der Waals surface area (Å²) < 4.78 is 41.7. The van der Waals surface area contributed by atoms with Crippen LogP contribution in [-0.2, 0) is 70.1 Å². The number of alkyl halides is 3. The van der Waals surface area contributed by atoms with Gasteiger partial charge in [-0.2, -0.15) is 13.2 Å². The lowest BCUT2D eigenvalue weighted by molar-refractivity contribution is -0.157. The molecule has 3 N–H and O–H groups in total. The van der Waals surface area contributed by atoms with E-state index in [1.807, 2.05) is 6.92 Å². The van der Waals surface area contributed by atoms with E-state index in [-0.39, 0.29) is 63.3 Å². The monoisotopic (exact) mass is 1450 g/mol. The van der Waals surface area contributed by atoms with E-state index in [4.69, 9.17) is 11.6 Å². The highest BCUT2D eigenvalue weighted by Gasteiger charge is 2.52. The van der Waals surface area contributed by atoms with Crippen molar-refractivity contribution in [1.82, 2.24) is 60.0 Å². The van der Waals surface area contributed by atoms with Gasteiger partial charge in [0.1, 0.15) is 47.8 Å². The number of hydrogen-bond acceptors (Lipinski definition) is 12. The molecule has 0 unspecified atom stereocenters. The van der Waals surface area contributed by atoms with Crippen LogP contribution < -0.4 is 16.0 Å². The van der Waals surface area contributed by atoms with E-state index >= 15 is 33.6 Å². The standard InChI is InChI=1S/C74H112ClF3N12O12/c1-10-47(2)63-70(100)84(5)45-61(93)82(3)46-62(94)86(7)57(42-48-24-14-11-15-25-48)68(98)83(4)44-59(91)79-54(34-32-50-31-33-52(53(75)40-50)74(76,77)78)67(97)90-39-23-30-55(90)66(96)81-73(35-18-19-36-73)72(102)88(9)64(51-28-16-12-17-29-51)71(101)87(8)58(69(99)89-37-20-13-21-38-89)43-60(92)85(6)56(65(95)80-63)41-49-26-22-27-49/h31,33,40,47-49,51,54-58,63-64H,10-30,32,34-39,41-46H2,1-9H3,(H,79,91)(H,80,95)(H,81,96)/t47-,54-,55-,56-,57-,58-,63-,64-/m0/s1. The van der Waals surface area contributed by atoms with Gasteiger partial charge in [-0.25, -0.2) is 0 Å². The summed E-state index contributed by atoms with van der Waals surface area (Å²) in [5.74, 6) is -8.27. The first-order valence-electron chi connectivity index (χ1n) is 37.5. The Morgan fingerprint density at radius 1 is 0.588 bits per heavy atom. The molecule has 4 saturated carbocycles. The fourth-order valence-electron chi connectivity index (χ4n) is 16.4. The van der Waals surface area contributed by atoms with Crippen LogP contribution in [0.4, 0.5) is 13.2 Å². The number of likely N-dealkylation sites (N-methyl/N-ethyl adjacent to an activating group) is 7. The number of nitrogens with one attached hydrogen (secondary N) is 3. The average Bonchev–Trinajstić information content (AvgIpc) is 1.76. The number of rotatable bonds is 11. The molecule has 0 aromatic heterocycles. The molecule has 3 heterocycles. The van der Waals surface area contributed by atoms with Gasteiger partial charge >= 0.3 is 6.18 Å². The third-order valence-electron chi connectivity index (χ3n) is 23.4. The summed E-state index contributed by atoms with van der Waals surface area (Å²) in [5.41, 5.74) is -2.33. The van der Waals surface area contributed by atoms with E-state index in [0.29, 0.717) is 70.0 Å². The topological polar surface area (TPSA) is 270 Å². The van der Waals surface area contributed by atoms with Gasteiger partial charge < -0.3 is 60.0 Å². The van der Waals surface area contributed by atoms with Crippen molar-refractivity contribution in [3.8, 4) is 0 Å². The quantitative estimate of drug-likeness (QED) is 0.212. The van der Waals surface area contributed by atoms with Gasteiger partial charge in [0.15, 0.2) is 0 Å². The highest BCUT2D eigenvalue weighted by molar-refractivity contribution is 6.31. The highest BCUT2D eigenvalue weighted by atomic mass is 35.5. The van der Waals surface area contributed by atoms with Gasteiger partial charge in [-0.1, -0.05) is 121 Å². The summed E-state index contributed by atoms with van der Waals surface area (Å²) in [5, 5.41) is 8.26. The number of hydrogen-bond donors (Lipinski definition) is 3. The number of halogens is 4. The summed E-state index contributed by atoms with van der Waals surface area (Å²) in [4.78, 5) is 192. The van der Waals surface area contributed by atoms with Crippen molar-refractivity contribution in [3.63, 3.8) is 0 Å². The zero-order chi connectivity index (χ0) is 74.5. The van der Waals surface area contributed by atoms with Crippen LogP contribution in [-0.4, -0.2) is 251 Å². The van der Waals surface area contributed by atoms with E-state index in [1.54, 1.807) is 11.8 Å². The molecule has 1 spiro atoms. The number of aryl methyl sites for hydroxylation is 1. The van der Waals surface area contributed by atoms with Crippen LogP contribution in [0.2, 0.25) is 5.02 Å². The van der Waals surface area contributed by atoms with Crippen molar-refractivity contribution in [2.75, 3.05) is 88.6 Å². The second-order valence-electron chi connectivity index (χ2n) is 30.6. The Hall–Kier alpha value is -7.06. The number of fused-ring (bicyclic) bond motifs is 1. The van der Waals surface area contributed by atoms with Crippen molar-refractivity contribution in [3.05, 3.63) is 34.3 Å². The molecule has 4 aliphatic carbocycles. The summed E-state index contributed by atoms with van der Waals surface area (Å²) in [6.45, 7) is 2.79. The third kappa shape index (κ3) is 19.9. The van der Waals surface area contributed by atoms with Gasteiger partial charge in [0.25, 0.3) is 0 Å². The molecule has 3 aliphatic heterocycles. The predicted octanol–water partition coefficient (Wildman–Crippen LogP) is 6.57. The third-order valence-corrected chi connectivity index (χ3v) is 23.7. The number of piperidine rings is 1. The average molecular weight is 1450 g/mol. The van der Waals surface area contributed by atoms with E-state index < -0.39 is 173 Å². The molecule has 7 fully saturated rings. The number of amides is 12. The Labute approximate surface area is 604 Å². The van der Waals surface area contributed by atoms with Crippen LogP contribution >= 0.6 is 11.6 Å². The molecule has 8 rings (SSSR count). The smallest absolute Gasteiger partial charge is 0.343 e. The van der Waals surface area contributed by atoms with E-state index in [9.17, 15) is 37.1 Å². The first-order valence-corrected chi connectivity index (χ1v) is 37.9. The number of carbonyl (C=O) groups is 12. The first kappa shape index (κ1) is 80.6. The van der Waals surface area contributed by atoms with Gasteiger partial charge in [0.2, 0.25) is 70.9 Å². The van der Waals surface area contributed by atoms with Gasteiger partial charge in [-0.05, 0) is 125 Å². The Bertz CT molecular complexity index is 3190. The lowest BCUT2D eigenvalue weighted by atomic mass is 9.80. The van der Waals surface area contributed by atoms with Crippen LogP contribution in [0.15, 0.2) is 18.2 Å². The van der Waals surface area contributed by atoms with Gasteiger partial charge in [0.05, 0.1) is 36.6 Å². The van der Waals surface area contributed by atoms with Crippen LogP contribution in [0.25, 0.3) is 0 Å². The molecule has 1 aromatic carbocycles. The lowest BCUT2D eigenvalue weighted by Crippen LogP contribution is -2.65. The summed E-state index contributed by atoms with van der Waals surface area (Å²) in [6.07, 6.45) is 9.87. The maximum atomic E-state index is 15.9. The zero-order valence-corrected chi connectivity index (χ0v) is 62.3. The van der Waals surface area contributed by atoms with E-state index in [1.165, 1.54) is 84.8 Å². The molecule has 0 bridgehead atoms. The Balaban J connectivity index is 1.17. The molecular weight excluding hydrogens is 1340 g/mol. The SMILES string of the molecule is CC[C@H](C)[C@@H]1NC(=O)[C@H](CC2CCC2)N(C)C(=O)C[C@@H](C(=O)N2CCCCC2)N(C)C(=O)[C@H](C2CCCCC2)N(C)C(=O)C2(CCCC2)NC(=O)[C@@H]2CCCN2C(=O)[C@H](CCc2ccc(C(F)(F)F)c(Cl)c2)NC(=O)CN(C)C(=O)[C@H](CC2CCCCC2)N(C)C(=O)CN(C)C(=O)CN(C)C1=O. The molecule has 12 amide bonds. The second kappa shape index (κ2) is 36.1. The second-order valence-corrected chi connectivity index (χ2v) is 31.0. The van der Waals surface area contributed by atoms with E-state index in [2.05, 4.69) is 16.0 Å². The molecule has 568 valence electrons. The molecule has 7 aliphatic rings. The minimum atomic E-state index is -4.76. The minimum Gasteiger partial charge on any atom is -0.343 e. The molecule has 102 heavy (non-hydrogen) atoms. The summed E-state index contributed by atoms with van der Waals surface area (Å²) in [7, 11) is 10.1. The fraction of sp³-hybridized carbons (Fsp3) is 0.757. The van der Waals surface area contributed by atoms with Crippen molar-refractivity contribution in [2.45, 2.75) is 248 Å². The normalized spacial score (nSPS) is 27.4. The molecule has 0 radical (unpaired) electrons. The van der Waals surface area contributed by atoms with Gasteiger partial charge in [-0.15, -0.1) is 0 Å². The number of benzene rings is 1. The van der Waals surface area contributed by atoms with Crippen LogP contribution in [0.5, 0.6) is 0 Å². The predicted molar refractivity (Wildman–Crippen MR) is 376 cm³/mol. The molecular formula is C74H112ClF3N12O12. The fourth-order valence-corrected chi connectivity index (χ4v) is 16.8. The molecule has 1 aromatic rings. The van der Waals surface area contributed by atoms with E-state index in [0.717, 1.165) is 99.0 Å². The van der Waals surface area contributed by atoms with Crippen molar-refractivity contribution < 1.29 is 70.7 Å². The Kier molecular flexibility index (Phi) is 28.5. The van der Waals surface area contributed by atoms with Crippen LogP contribution in [0.3, 0.4) is 0 Å². The van der Waals surface area contributed by atoms with Crippen LogP contribution in [0, 0.1) is 23.7 Å². The number of carbonyl (C=O) groups excluding carboxylic acids is 12. The molecule has 3 saturated heterocycles. The minimum absolute atomic E-state index is 0.0225. The number of nitrogens with zero attached hydrogens (tertiary/aromatic N) is 9. The summed E-state index contributed by atoms with van der Waals surface area (Å²) >= 11 is 6.17. The number of likely N-dealkylation sites (tertiary alicyclic amines) is 1. The zero-order valence-electron chi connectivity index (χ0n) is 61.6. The largest absolute Gasteiger partial charge is 0.417 e. The van der Waals surface area contributed by atoms with Crippen LogP contribution in [0.1, 0.15) is 198 Å². The summed E-state index contributed by atoms with van der Waals surface area (Å²) in [6, 6.07) is -5.40. The highest BCUT2D eigenvalue weighted by Crippen LogP contribution is 2.39. The maximum Gasteiger partial charge on any atom is 0.417 e. The molecule has 8 atom stereocenters. The first-order chi connectivity index (χ1) is 48.3. The van der Waals surface area contributed by atoms with Crippen molar-refractivity contribution in [2.24, 2.45) is 23.7 Å². The van der Waals surface area contributed by atoms with Gasteiger partial charge in [-0.3, -0.25) is 57.5 Å². The Morgan fingerprint density at radius 3 is 1.76 bits per heavy atom. The Morgan fingerprint density at radius 2 is 1.17 bits per heavy atom. The van der Waals surface area contributed by atoms with Crippen molar-refractivity contribution >= 4 is 82.5 Å². The molecule has 24 nitrogen and oxygen atoms in total.